The molecule has 1 spiro atoms. The van der Waals surface area contributed by atoms with Gasteiger partial charge in [0.1, 0.15) is 0 Å². The summed E-state index contributed by atoms with van der Waals surface area (Å²) in [6.45, 7) is 7.68. The van der Waals surface area contributed by atoms with Crippen molar-refractivity contribution in [1.82, 2.24) is 0 Å². The second-order valence-electron chi connectivity index (χ2n) is 6.74. The van der Waals surface area contributed by atoms with Crippen molar-refractivity contribution in [3.05, 3.63) is 29.8 Å². The molecule has 2 aliphatic rings. The molecule has 1 fully saturated rings. The Balaban J connectivity index is 2.01. The van der Waals surface area contributed by atoms with Gasteiger partial charge in [-0.15, -0.1) is 0 Å². The van der Waals surface area contributed by atoms with Crippen LogP contribution in [-0.4, -0.2) is 18.0 Å². The lowest BCUT2D eigenvalue weighted by molar-refractivity contribution is 0.178. The Labute approximate surface area is 121 Å². The monoisotopic (exact) mass is 271 g/mol. The first kappa shape index (κ1) is 13.5. The van der Waals surface area contributed by atoms with E-state index in [0.717, 1.165) is 12.5 Å². The van der Waals surface area contributed by atoms with Crippen molar-refractivity contribution in [2.24, 2.45) is 22.6 Å². The molecule has 3 rings (SSSR count). The number of aliphatic imine (C=N–C) groups is 1. The molecule has 1 saturated carbocycles. The van der Waals surface area contributed by atoms with E-state index in [4.69, 9.17) is 5.73 Å². The van der Waals surface area contributed by atoms with Gasteiger partial charge < -0.3 is 10.6 Å². The Kier molecular flexibility index (Phi) is 3.23. The van der Waals surface area contributed by atoms with E-state index in [9.17, 15) is 0 Å². The summed E-state index contributed by atoms with van der Waals surface area (Å²) in [5, 5.41) is 0. The maximum Gasteiger partial charge on any atom is 0.196 e. The summed E-state index contributed by atoms with van der Waals surface area (Å²) in [4.78, 5) is 6.91. The molecule has 0 bridgehead atoms. The van der Waals surface area contributed by atoms with E-state index in [1.807, 2.05) is 0 Å². The fourth-order valence-electron chi connectivity index (χ4n) is 3.91. The fraction of sp³-hybridized carbons (Fsp3) is 0.588. The van der Waals surface area contributed by atoms with Crippen LogP contribution in [0.2, 0.25) is 0 Å². The van der Waals surface area contributed by atoms with Gasteiger partial charge in [0, 0.05) is 5.69 Å². The predicted octanol–water partition coefficient (Wildman–Crippen LogP) is 3.32. The molecule has 1 aromatic rings. The summed E-state index contributed by atoms with van der Waals surface area (Å²) in [5.41, 5.74) is 8.80. The van der Waals surface area contributed by atoms with Crippen molar-refractivity contribution < 1.29 is 0 Å². The highest BCUT2D eigenvalue weighted by Gasteiger charge is 2.49. The average molecular weight is 271 g/mol. The third kappa shape index (κ3) is 2.00. The van der Waals surface area contributed by atoms with Crippen molar-refractivity contribution in [3.63, 3.8) is 0 Å². The number of nitrogens with two attached hydrogens (primary N) is 1. The van der Waals surface area contributed by atoms with Crippen LogP contribution in [0.25, 0.3) is 0 Å². The van der Waals surface area contributed by atoms with E-state index in [0.29, 0.717) is 11.9 Å². The Hall–Kier alpha value is -1.51. The van der Waals surface area contributed by atoms with Crippen molar-refractivity contribution in [2.75, 3.05) is 11.4 Å². The zero-order valence-electron chi connectivity index (χ0n) is 12.8. The molecule has 0 amide bonds. The Bertz CT molecular complexity index is 520. The van der Waals surface area contributed by atoms with E-state index in [2.05, 4.69) is 54.9 Å². The van der Waals surface area contributed by atoms with E-state index in [-0.39, 0.29) is 5.54 Å². The van der Waals surface area contributed by atoms with Crippen LogP contribution in [0.5, 0.6) is 0 Å². The Morgan fingerprint density at radius 2 is 1.90 bits per heavy atom. The van der Waals surface area contributed by atoms with Crippen molar-refractivity contribution in [2.45, 2.75) is 45.6 Å². The van der Waals surface area contributed by atoms with Crippen LogP contribution in [0.4, 0.5) is 5.69 Å². The third-order valence-corrected chi connectivity index (χ3v) is 5.19. The lowest BCUT2D eigenvalue weighted by atomic mass is 9.69. The molecule has 1 heterocycles. The van der Waals surface area contributed by atoms with Gasteiger partial charge in [-0.3, -0.25) is 4.99 Å². The lowest BCUT2D eigenvalue weighted by Gasteiger charge is -2.48. The number of rotatable bonds is 1. The normalized spacial score (nSPS) is 33.5. The van der Waals surface area contributed by atoms with Crippen LogP contribution in [0.3, 0.4) is 0 Å². The van der Waals surface area contributed by atoms with Crippen LogP contribution in [0.15, 0.2) is 29.3 Å². The zero-order chi connectivity index (χ0) is 14.3. The number of hydrogen-bond donors (Lipinski definition) is 1. The largest absolute Gasteiger partial charge is 0.369 e. The van der Waals surface area contributed by atoms with Crippen LogP contribution < -0.4 is 10.6 Å². The van der Waals surface area contributed by atoms with Gasteiger partial charge in [-0.2, -0.15) is 0 Å². The van der Waals surface area contributed by atoms with Crippen molar-refractivity contribution >= 4 is 11.6 Å². The number of aryl methyl sites for hydroxylation is 1. The third-order valence-electron chi connectivity index (χ3n) is 5.19. The maximum absolute atomic E-state index is 6.24. The maximum atomic E-state index is 6.24. The molecule has 0 radical (unpaired) electrons. The minimum absolute atomic E-state index is 0.0943. The topological polar surface area (TPSA) is 41.6 Å². The second kappa shape index (κ2) is 4.80. The first-order valence-corrected chi connectivity index (χ1v) is 7.70. The number of guanidine groups is 1. The number of nitrogens with zero attached hydrogens (tertiary/aromatic N) is 2. The van der Waals surface area contributed by atoms with E-state index >= 15 is 0 Å². The summed E-state index contributed by atoms with van der Waals surface area (Å²) in [6.07, 6.45) is 3.78. The molecule has 1 aromatic carbocycles. The molecular formula is C17H25N3. The van der Waals surface area contributed by atoms with Crippen LogP contribution in [-0.2, 0) is 0 Å². The van der Waals surface area contributed by atoms with Gasteiger partial charge in [-0.1, -0.05) is 38.0 Å². The quantitative estimate of drug-likeness (QED) is 0.851. The number of anilines is 1. The Morgan fingerprint density at radius 1 is 1.20 bits per heavy atom. The minimum atomic E-state index is 0.0943. The summed E-state index contributed by atoms with van der Waals surface area (Å²) in [7, 11) is 0. The molecule has 1 aliphatic heterocycles. The highest BCUT2D eigenvalue weighted by Crippen LogP contribution is 2.45. The van der Waals surface area contributed by atoms with E-state index in [1.165, 1.54) is 30.5 Å². The van der Waals surface area contributed by atoms with Gasteiger partial charge in [0.2, 0.25) is 0 Å². The number of hydrogen-bond acceptors (Lipinski definition) is 3. The molecule has 0 saturated heterocycles. The van der Waals surface area contributed by atoms with Gasteiger partial charge in [-0.05, 0) is 43.7 Å². The molecule has 3 atom stereocenters. The summed E-state index contributed by atoms with van der Waals surface area (Å²) in [6, 6.07) is 8.67. The highest BCUT2D eigenvalue weighted by atomic mass is 15.4. The van der Waals surface area contributed by atoms with Gasteiger partial charge in [0.05, 0.1) is 12.1 Å². The summed E-state index contributed by atoms with van der Waals surface area (Å²) >= 11 is 0. The van der Waals surface area contributed by atoms with Gasteiger partial charge in [-0.25, -0.2) is 0 Å². The smallest absolute Gasteiger partial charge is 0.196 e. The molecular weight excluding hydrogens is 246 g/mol. The van der Waals surface area contributed by atoms with Crippen molar-refractivity contribution in [3.8, 4) is 0 Å². The molecule has 20 heavy (non-hydrogen) atoms. The molecule has 3 heteroatoms. The van der Waals surface area contributed by atoms with E-state index < -0.39 is 0 Å². The molecule has 3 unspecified atom stereocenters. The molecule has 3 nitrogen and oxygen atoms in total. The van der Waals surface area contributed by atoms with Crippen LogP contribution >= 0.6 is 0 Å². The van der Waals surface area contributed by atoms with Crippen LogP contribution in [0.1, 0.15) is 38.7 Å². The molecule has 2 N–H and O–H groups in total. The standard InChI is InChI=1S/C17H25N3/c1-12-5-8-15(9-6-12)20-16(18)19-11-17(20)10-13(2)4-7-14(17)3/h5-6,8-9,13-14H,4,7,10-11H2,1-3H3,(H2,18,19). The second-order valence-corrected chi connectivity index (χ2v) is 6.74. The highest BCUT2D eigenvalue weighted by molar-refractivity contribution is 5.98. The lowest BCUT2D eigenvalue weighted by Crippen LogP contribution is -2.58. The van der Waals surface area contributed by atoms with Crippen LogP contribution in [0, 0.1) is 18.8 Å². The predicted molar refractivity (Wildman–Crippen MR) is 85.1 cm³/mol. The summed E-state index contributed by atoms with van der Waals surface area (Å²) < 4.78 is 0. The van der Waals surface area contributed by atoms with Crippen molar-refractivity contribution in [1.29, 1.82) is 0 Å². The Morgan fingerprint density at radius 3 is 2.60 bits per heavy atom. The minimum Gasteiger partial charge on any atom is -0.369 e. The number of benzene rings is 1. The van der Waals surface area contributed by atoms with Gasteiger partial charge in [0.15, 0.2) is 5.96 Å². The first-order chi connectivity index (χ1) is 9.53. The zero-order valence-corrected chi connectivity index (χ0v) is 12.8. The SMILES string of the molecule is Cc1ccc(N2C(N)=NCC23CC(C)CCC3C)cc1. The first-order valence-electron chi connectivity index (χ1n) is 7.70. The average Bonchev–Trinajstić information content (AvgIpc) is 2.74. The van der Waals surface area contributed by atoms with Gasteiger partial charge in [0.25, 0.3) is 0 Å². The fourth-order valence-corrected chi connectivity index (χ4v) is 3.91. The molecule has 0 aromatic heterocycles. The molecule has 1 aliphatic carbocycles. The summed E-state index contributed by atoms with van der Waals surface area (Å²) in [5.74, 6) is 2.07. The molecule has 108 valence electrons. The van der Waals surface area contributed by atoms with E-state index in [1.54, 1.807) is 0 Å². The van der Waals surface area contributed by atoms with Gasteiger partial charge >= 0.3 is 0 Å².